The molecular weight excluding hydrogens is 452 g/mol. The lowest BCUT2D eigenvalue weighted by Gasteiger charge is -2.15. The Morgan fingerprint density at radius 3 is 2.84 bits per heavy atom. The predicted octanol–water partition coefficient (Wildman–Crippen LogP) is 5.25. The molecule has 4 rings (SSSR count). The molecule has 0 fully saturated rings. The Morgan fingerprint density at radius 2 is 2.06 bits per heavy atom. The van der Waals surface area contributed by atoms with Gasteiger partial charge in [-0.3, -0.25) is 4.79 Å². The second-order valence-corrected chi connectivity index (χ2v) is 9.36. The van der Waals surface area contributed by atoms with Crippen molar-refractivity contribution in [2.75, 3.05) is 12.8 Å². The molecule has 0 radical (unpaired) electrons. The minimum atomic E-state index is 0.00208. The maximum atomic E-state index is 12.6. The first-order valence-electron chi connectivity index (χ1n) is 9.70. The second-order valence-electron chi connectivity index (χ2n) is 6.95. The number of thiophene rings is 1. The minimum absolute atomic E-state index is 0.00208. The molecule has 0 atom stereocenters. The van der Waals surface area contributed by atoms with Crippen LogP contribution in [0.1, 0.15) is 10.6 Å². The summed E-state index contributed by atoms with van der Waals surface area (Å²) < 4.78 is 7.89. The highest BCUT2D eigenvalue weighted by atomic mass is 35.5. The van der Waals surface area contributed by atoms with Gasteiger partial charge in [-0.1, -0.05) is 29.4 Å². The lowest BCUT2D eigenvalue weighted by Crippen LogP contribution is -2.27. The van der Waals surface area contributed by atoms with Gasteiger partial charge in [0.15, 0.2) is 5.16 Å². The lowest BCUT2D eigenvalue weighted by atomic mass is 10.2. The number of nitrogens with zero attached hydrogens (tertiary/aromatic N) is 4. The molecule has 1 amide bonds. The van der Waals surface area contributed by atoms with Gasteiger partial charge >= 0.3 is 0 Å². The molecule has 6 nitrogen and oxygen atoms in total. The molecule has 0 aliphatic rings. The molecule has 0 spiro atoms. The molecule has 31 heavy (non-hydrogen) atoms. The summed E-state index contributed by atoms with van der Waals surface area (Å²) in [5, 5.41) is 11.7. The number of aryl methyl sites for hydroxylation is 2. The number of aromatic nitrogens is 3. The van der Waals surface area contributed by atoms with E-state index < -0.39 is 0 Å². The zero-order chi connectivity index (χ0) is 21.6. The first kappa shape index (κ1) is 21.7. The van der Waals surface area contributed by atoms with E-state index in [1.807, 2.05) is 47.0 Å². The van der Waals surface area contributed by atoms with Crippen LogP contribution in [0.3, 0.4) is 0 Å². The van der Waals surface area contributed by atoms with E-state index in [-0.39, 0.29) is 5.91 Å². The molecular formula is C22H21ClN4O2S2. The number of hydrogen-bond acceptors (Lipinski definition) is 6. The van der Waals surface area contributed by atoms with Crippen molar-refractivity contribution in [3.63, 3.8) is 0 Å². The van der Waals surface area contributed by atoms with Crippen LogP contribution in [0, 0.1) is 0 Å². The van der Waals surface area contributed by atoms with E-state index in [0.29, 0.717) is 17.3 Å². The number of thioether (sulfide) groups is 1. The summed E-state index contributed by atoms with van der Waals surface area (Å²) in [7, 11) is 1.77. The standard InChI is InChI=1S/C22H21ClN4O2S2/c1-26(13-18-8-9-20(29-18)16-4-6-17(23)7-5-16)21(28)14-31-22-25-24-15-27(22)11-10-19-3-2-12-30-19/h2-9,12,15H,10-11,13-14H2,1H3. The zero-order valence-electron chi connectivity index (χ0n) is 16.9. The van der Waals surface area contributed by atoms with Crippen LogP contribution in [0.5, 0.6) is 0 Å². The number of rotatable bonds is 9. The highest BCUT2D eigenvalue weighted by Crippen LogP contribution is 2.24. The number of carbonyl (C=O) groups excluding carboxylic acids is 1. The largest absolute Gasteiger partial charge is 0.459 e. The number of hydrogen-bond donors (Lipinski definition) is 0. The van der Waals surface area contributed by atoms with Gasteiger partial charge in [0.1, 0.15) is 17.8 Å². The summed E-state index contributed by atoms with van der Waals surface area (Å²) in [6, 6.07) is 15.4. The zero-order valence-corrected chi connectivity index (χ0v) is 19.3. The van der Waals surface area contributed by atoms with Gasteiger partial charge in [-0.25, -0.2) is 0 Å². The predicted molar refractivity (Wildman–Crippen MR) is 124 cm³/mol. The van der Waals surface area contributed by atoms with Crippen molar-refractivity contribution in [3.8, 4) is 11.3 Å². The van der Waals surface area contributed by atoms with Crippen LogP contribution in [0.25, 0.3) is 11.3 Å². The van der Waals surface area contributed by atoms with Crippen molar-refractivity contribution >= 4 is 40.6 Å². The van der Waals surface area contributed by atoms with Crippen LogP contribution in [-0.2, 0) is 24.3 Å². The highest BCUT2D eigenvalue weighted by Gasteiger charge is 2.15. The second kappa shape index (κ2) is 10.2. The Balaban J connectivity index is 1.29. The fourth-order valence-electron chi connectivity index (χ4n) is 2.99. The Morgan fingerprint density at radius 1 is 1.23 bits per heavy atom. The van der Waals surface area contributed by atoms with E-state index in [0.717, 1.165) is 35.2 Å². The van der Waals surface area contributed by atoms with Crippen LogP contribution in [-0.4, -0.2) is 38.4 Å². The smallest absolute Gasteiger partial charge is 0.233 e. The molecule has 160 valence electrons. The van der Waals surface area contributed by atoms with Gasteiger partial charge in [0.05, 0.1) is 12.3 Å². The number of furan rings is 1. The van der Waals surface area contributed by atoms with Crippen LogP contribution < -0.4 is 0 Å². The summed E-state index contributed by atoms with van der Waals surface area (Å²) in [5.74, 6) is 1.77. The number of halogens is 1. The molecule has 0 N–H and O–H groups in total. The molecule has 4 aromatic rings. The molecule has 0 aliphatic heterocycles. The normalized spacial score (nSPS) is 11.0. The van der Waals surface area contributed by atoms with E-state index in [1.165, 1.54) is 16.6 Å². The third-order valence-corrected chi connectivity index (χ3v) is 6.85. The summed E-state index contributed by atoms with van der Waals surface area (Å²) in [5.41, 5.74) is 0.946. The van der Waals surface area contributed by atoms with Crippen molar-refractivity contribution in [2.24, 2.45) is 0 Å². The van der Waals surface area contributed by atoms with E-state index in [9.17, 15) is 4.79 Å². The van der Waals surface area contributed by atoms with Gasteiger partial charge in [0, 0.05) is 29.1 Å². The van der Waals surface area contributed by atoms with Crippen molar-refractivity contribution in [1.82, 2.24) is 19.7 Å². The number of carbonyl (C=O) groups is 1. The van der Waals surface area contributed by atoms with Gasteiger partial charge in [-0.2, -0.15) is 0 Å². The molecule has 1 aromatic carbocycles. The van der Waals surface area contributed by atoms with Gasteiger partial charge in [-0.15, -0.1) is 21.5 Å². The first-order chi connectivity index (χ1) is 15.1. The van der Waals surface area contributed by atoms with Crippen molar-refractivity contribution in [3.05, 3.63) is 75.9 Å². The first-order valence-corrected chi connectivity index (χ1v) is 11.9. The van der Waals surface area contributed by atoms with E-state index >= 15 is 0 Å². The third kappa shape index (κ3) is 5.78. The molecule has 0 bridgehead atoms. The molecule has 3 heterocycles. The molecule has 3 aromatic heterocycles. The molecule has 0 saturated carbocycles. The van der Waals surface area contributed by atoms with Crippen LogP contribution in [0.15, 0.2) is 69.8 Å². The van der Waals surface area contributed by atoms with Crippen molar-refractivity contribution in [2.45, 2.75) is 24.7 Å². The molecule has 0 unspecified atom stereocenters. The Kier molecular flexibility index (Phi) is 7.11. The molecule has 9 heteroatoms. The van der Waals surface area contributed by atoms with Crippen LogP contribution in [0.2, 0.25) is 5.02 Å². The monoisotopic (exact) mass is 472 g/mol. The van der Waals surface area contributed by atoms with Crippen LogP contribution >= 0.6 is 34.7 Å². The van der Waals surface area contributed by atoms with E-state index in [4.69, 9.17) is 16.0 Å². The molecule has 0 saturated heterocycles. The van der Waals surface area contributed by atoms with Gasteiger partial charge < -0.3 is 13.9 Å². The third-order valence-electron chi connectivity index (χ3n) is 4.69. The Bertz CT molecular complexity index is 1120. The minimum Gasteiger partial charge on any atom is -0.459 e. The fourth-order valence-corrected chi connectivity index (χ4v) is 4.69. The summed E-state index contributed by atoms with van der Waals surface area (Å²) >= 11 is 9.08. The highest BCUT2D eigenvalue weighted by molar-refractivity contribution is 7.99. The Hall–Kier alpha value is -2.55. The number of amides is 1. The van der Waals surface area contributed by atoms with Gasteiger partial charge in [-0.05, 0) is 54.3 Å². The van der Waals surface area contributed by atoms with Crippen molar-refractivity contribution < 1.29 is 9.21 Å². The quantitative estimate of drug-likeness (QED) is 0.311. The number of benzene rings is 1. The average molecular weight is 473 g/mol. The van der Waals surface area contributed by atoms with Crippen LogP contribution in [0.4, 0.5) is 0 Å². The maximum Gasteiger partial charge on any atom is 0.233 e. The fraction of sp³-hybridized carbons (Fsp3) is 0.227. The summed E-state index contributed by atoms with van der Waals surface area (Å²) in [6.07, 6.45) is 2.64. The van der Waals surface area contributed by atoms with Gasteiger partial charge in [0.2, 0.25) is 5.91 Å². The van der Waals surface area contributed by atoms with Crippen molar-refractivity contribution in [1.29, 1.82) is 0 Å². The van der Waals surface area contributed by atoms with E-state index in [1.54, 1.807) is 29.6 Å². The summed E-state index contributed by atoms with van der Waals surface area (Å²) in [6.45, 7) is 1.19. The van der Waals surface area contributed by atoms with E-state index in [2.05, 4.69) is 21.6 Å². The maximum absolute atomic E-state index is 12.6. The lowest BCUT2D eigenvalue weighted by molar-refractivity contribution is -0.127. The van der Waals surface area contributed by atoms with Gasteiger partial charge in [0.25, 0.3) is 0 Å². The molecule has 0 aliphatic carbocycles. The SMILES string of the molecule is CN(Cc1ccc(-c2ccc(Cl)cc2)o1)C(=O)CSc1nncn1CCc1cccs1. The Labute approximate surface area is 193 Å². The topological polar surface area (TPSA) is 64.2 Å². The summed E-state index contributed by atoms with van der Waals surface area (Å²) in [4.78, 5) is 15.6. The average Bonchev–Trinajstić information content (AvgIpc) is 3.53.